The number of nitrogens with one attached hydrogen (secondary N) is 1. The number of aromatic amines is 1. The van der Waals surface area contributed by atoms with Gasteiger partial charge in [-0.2, -0.15) is 5.10 Å². The van der Waals surface area contributed by atoms with Gasteiger partial charge in [-0.15, -0.1) is 0 Å². The maximum atomic E-state index is 4.60. The summed E-state index contributed by atoms with van der Waals surface area (Å²) in [6.45, 7) is 2.35. The summed E-state index contributed by atoms with van der Waals surface area (Å²) < 4.78 is 4.49. The Bertz CT molecular complexity index is 953. The topological polar surface area (TPSA) is 65.9 Å². The maximum absolute atomic E-state index is 4.60. The van der Waals surface area contributed by atoms with Gasteiger partial charge in [-0.1, -0.05) is 11.9 Å². The predicted octanol–water partition coefficient (Wildman–Crippen LogP) is 3.43. The molecular weight excluding hydrogens is 382 g/mol. The Morgan fingerprint density at radius 2 is 2.03 bits per heavy atom. The van der Waals surface area contributed by atoms with Gasteiger partial charge in [0.15, 0.2) is 0 Å². The number of hydrogen-bond acceptors (Lipinski definition) is 6. The van der Waals surface area contributed by atoms with Gasteiger partial charge in [0, 0.05) is 57.3 Å². The molecule has 0 amide bonds. The first-order chi connectivity index (χ1) is 14.2. The van der Waals surface area contributed by atoms with E-state index in [1.165, 1.54) is 50.2 Å². The fourth-order valence-corrected chi connectivity index (χ4v) is 5.77. The molecule has 2 aliphatic rings. The Balaban J connectivity index is 1.07. The molecule has 1 N–H and O–H groups in total. The van der Waals surface area contributed by atoms with Crippen LogP contribution < -0.4 is 4.90 Å². The molecule has 1 saturated heterocycles. The second-order valence-corrected chi connectivity index (χ2v) is 9.56. The summed E-state index contributed by atoms with van der Waals surface area (Å²) >= 11 is 2.06. The molecule has 0 aromatic carbocycles. The summed E-state index contributed by atoms with van der Waals surface area (Å²) in [5, 5.41) is 5.71. The Hall–Kier alpha value is -2.06. The van der Waals surface area contributed by atoms with Gasteiger partial charge < -0.3 is 9.88 Å². The van der Waals surface area contributed by atoms with E-state index in [1.54, 1.807) is 6.33 Å². The van der Waals surface area contributed by atoms with Gasteiger partial charge in [0.05, 0.1) is 11.1 Å². The highest BCUT2D eigenvalue weighted by molar-refractivity contribution is 7.97. The highest BCUT2D eigenvalue weighted by Gasteiger charge is 2.34. The van der Waals surface area contributed by atoms with E-state index in [9.17, 15) is 0 Å². The first-order valence-electron chi connectivity index (χ1n) is 10.6. The zero-order valence-corrected chi connectivity index (χ0v) is 18.0. The molecule has 8 heteroatoms. The van der Waals surface area contributed by atoms with Crippen LogP contribution in [-0.2, 0) is 7.05 Å². The molecular formula is C21H29N7S. The second-order valence-electron chi connectivity index (χ2n) is 8.45. The van der Waals surface area contributed by atoms with E-state index in [4.69, 9.17) is 0 Å². The van der Waals surface area contributed by atoms with Crippen LogP contribution in [0.15, 0.2) is 30.9 Å². The number of hydrogen-bond donors (Lipinski definition) is 1. The average molecular weight is 412 g/mol. The number of rotatable bonds is 6. The van der Waals surface area contributed by atoms with Crippen molar-refractivity contribution >= 4 is 28.8 Å². The minimum Gasteiger partial charge on any atom is -0.356 e. The first-order valence-corrected chi connectivity index (χ1v) is 11.5. The van der Waals surface area contributed by atoms with E-state index in [1.807, 2.05) is 17.9 Å². The van der Waals surface area contributed by atoms with Crippen molar-refractivity contribution in [3.8, 4) is 0 Å². The van der Waals surface area contributed by atoms with Gasteiger partial charge in [-0.25, -0.2) is 9.97 Å². The van der Waals surface area contributed by atoms with E-state index in [-0.39, 0.29) is 0 Å². The summed E-state index contributed by atoms with van der Waals surface area (Å²) in [4.78, 5) is 14.4. The number of anilines is 1. The lowest BCUT2D eigenvalue weighted by Gasteiger charge is -2.42. The summed E-state index contributed by atoms with van der Waals surface area (Å²) in [6.07, 6.45) is 10.6. The van der Waals surface area contributed by atoms with Gasteiger partial charge in [0.1, 0.15) is 17.8 Å². The molecule has 0 bridgehead atoms. The normalized spacial score (nSPS) is 23.4. The zero-order chi connectivity index (χ0) is 19.8. The Kier molecular flexibility index (Phi) is 5.22. The molecule has 1 aliphatic heterocycles. The van der Waals surface area contributed by atoms with E-state index in [0.29, 0.717) is 12.0 Å². The number of piperidine rings is 1. The third-order valence-corrected chi connectivity index (χ3v) is 7.88. The van der Waals surface area contributed by atoms with Crippen molar-refractivity contribution in [1.82, 2.24) is 29.0 Å². The van der Waals surface area contributed by atoms with Crippen molar-refractivity contribution in [2.45, 2.75) is 37.6 Å². The molecule has 5 rings (SSSR count). The van der Waals surface area contributed by atoms with E-state index >= 15 is 0 Å². The molecule has 0 spiro atoms. The zero-order valence-electron chi connectivity index (χ0n) is 17.2. The lowest BCUT2D eigenvalue weighted by atomic mass is 9.81. The third kappa shape index (κ3) is 3.88. The number of nitrogens with zero attached hydrogens (tertiary/aromatic N) is 6. The van der Waals surface area contributed by atoms with Gasteiger partial charge in [0.2, 0.25) is 0 Å². The molecule has 2 fully saturated rings. The largest absolute Gasteiger partial charge is 0.356 e. The fourth-order valence-electron chi connectivity index (χ4n) is 4.61. The fraction of sp³-hybridized carbons (Fsp3) is 0.571. The molecule has 0 radical (unpaired) electrons. The van der Waals surface area contributed by atoms with Gasteiger partial charge in [-0.3, -0.25) is 8.99 Å². The van der Waals surface area contributed by atoms with Crippen molar-refractivity contribution < 1.29 is 0 Å². The number of aryl methyl sites for hydroxylation is 1. The van der Waals surface area contributed by atoms with Crippen LogP contribution in [0.1, 0.15) is 37.3 Å². The molecule has 1 aliphatic carbocycles. The summed E-state index contributed by atoms with van der Waals surface area (Å²) in [6, 6.07) is 4.84. The van der Waals surface area contributed by atoms with Gasteiger partial charge >= 0.3 is 0 Å². The molecule has 0 unspecified atom stereocenters. The van der Waals surface area contributed by atoms with Crippen molar-refractivity contribution in [2.24, 2.45) is 13.0 Å². The van der Waals surface area contributed by atoms with Crippen LogP contribution in [-0.4, -0.2) is 61.0 Å². The molecule has 3 aromatic rings. The molecule has 4 heterocycles. The summed E-state index contributed by atoms with van der Waals surface area (Å²) in [5.74, 6) is 3.73. The Morgan fingerprint density at radius 3 is 2.79 bits per heavy atom. The second kappa shape index (κ2) is 7.99. The van der Waals surface area contributed by atoms with Crippen LogP contribution in [0.5, 0.6) is 0 Å². The van der Waals surface area contributed by atoms with Crippen molar-refractivity contribution in [1.29, 1.82) is 0 Å². The molecule has 7 nitrogen and oxygen atoms in total. The highest BCUT2D eigenvalue weighted by atomic mass is 32.2. The number of fused-ring (bicyclic) bond motifs is 1. The minimum absolute atomic E-state index is 0.587. The van der Waals surface area contributed by atoms with Crippen LogP contribution in [0.3, 0.4) is 0 Å². The van der Waals surface area contributed by atoms with Crippen LogP contribution in [0.4, 0.5) is 5.82 Å². The molecule has 29 heavy (non-hydrogen) atoms. The molecule has 1 saturated carbocycles. The Labute approximate surface area is 176 Å². The van der Waals surface area contributed by atoms with Crippen LogP contribution in [0, 0.1) is 5.92 Å². The van der Waals surface area contributed by atoms with Crippen LogP contribution in [0.2, 0.25) is 0 Å². The van der Waals surface area contributed by atoms with Crippen molar-refractivity contribution in [3.05, 3.63) is 36.5 Å². The highest BCUT2D eigenvalue weighted by Crippen LogP contribution is 2.38. The van der Waals surface area contributed by atoms with E-state index < -0.39 is 0 Å². The number of aromatic nitrogens is 5. The first kappa shape index (κ1) is 18.9. The Morgan fingerprint density at radius 1 is 1.21 bits per heavy atom. The SMILES string of the molecule is CN(c1ncnc2[nH]ccc12)C1CC(CSN2CCC(c3ccn(C)n3)CC2)C1. The quantitative estimate of drug-likeness (QED) is 0.627. The molecule has 0 atom stereocenters. The standard InChI is InChI=1S/C21H29N7S/c1-26-8-6-19(25-26)16-4-9-28(10-5-16)29-13-15-11-17(12-15)27(2)21-18-3-7-22-20(18)23-14-24-21/h3,6-8,14-17H,4-5,9-13H2,1-2H3,(H,22,23,24). The smallest absolute Gasteiger partial charge is 0.142 e. The van der Waals surface area contributed by atoms with Gasteiger partial charge in [-0.05, 0) is 43.7 Å². The van der Waals surface area contributed by atoms with Crippen LogP contribution >= 0.6 is 11.9 Å². The monoisotopic (exact) mass is 411 g/mol. The molecule has 3 aromatic heterocycles. The summed E-state index contributed by atoms with van der Waals surface area (Å²) in [5.41, 5.74) is 2.19. The van der Waals surface area contributed by atoms with Crippen LogP contribution in [0.25, 0.3) is 11.0 Å². The average Bonchev–Trinajstić information content (AvgIpc) is 3.35. The number of H-pyrrole nitrogens is 1. The molecule has 154 valence electrons. The van der Waals surface area contributed by atoms with E-state index in [2.05, 4.69) is 66.6 Å². The lowest BCUT2D eigenvalue weighted by molar-refractivity contribution is 0.281. The predicted molar refractivity (Wildman–Crippen MR) is 118 cm³/mol. The summed E-state index contributed by atoms with van der Waals surface area (Å²) in [7, 11) is 4.18. The minimum atomic E-state index is 0.587. The van der Waals surface area contributed by atoms with Crippen molar-refractivity contribution in [3.63, 3.8) is 0 Å². The van der Waals surface area contributed by atoms with E-state index in [0.717, 1.165) is 22.8 Å². The lowest BCUT2D eigenvalue weighted by Crippen LogP contribution is -2.44. The van der Waals surface area contributed by atoms with Gasteiger partial charge in [0.25, 0.3) is 0 Å². The van der Waals surface area contributed by atoms with Crippen molar-refractivity contribution in [2.75, 3.05) is 30.8 Å². The third-order valence-electron chi connectivity index (χ3n) is 6.52. The maximum Gasteiger partial charge on any atom is 0.142 e.